The van der Waals surface area contributed by atoms with Gasteiger partial charge in [0, 0.05) is 26.6 Å². The summed E-state index contributed by atoms with van der Waals surface area (Å²) in [5.74, 6) is -0.0895. The van der Waals surface area contributed by atoms with Crippen molar-refractivity contribution in [3.05, 3.63) is 35.9 Å². The zero-order chi connectivity index (χ0) is 12.5. The third-order valence-electron chi connectivity index (χ3n) is 2.21. The fraction of sp³-hybridized carbons (Fsp3) is 0.333. The first-order valence-electron chi connectivity index (χ1n) is 5.48. The van der Waals surface area contributed by atoms with Crippen LogP contribution in [0.25, 0.3) is 0 Å². The Bertz CT molecular complexity index is 365. The van der Waals surface area contributed by atoms with E-state index in [1.165, 1.54) is 0 Å². The Hall–Kier alpha value is -2.04. The van der Waals surface area contributed by atoms with Crippen molar-refractivity contribution < 1.29 is 9.59 Å². The molecule has 0 atom stereocenters. The van der Waals surface area contributed by atoms with E-state index in [9.17, 15) is 9.59 Å². The van der Waals surface area contributed by atoms with Gasteiger partial charge in [0.25, 0.3) is 0 Å². The smallest absolute Gasteiger partial charge is 0.315 e. The minimum absolute atomic E-state index is 0.0895. The molecule has 0 heterocycles. The summed E-state index contributed by atoms with van der Waals surface area (Å²) in [7, 11) is 1.57. The lowest BCUT2D eigenvalue weighted by Gasteiger charge is -2.07. The average Bonchev–Trinajstić information content (AvgIpc) is 2.37. The van der Waals surface area contributed by atoms with Crippen molar-refractivity contribution in [2.75, 3.05) is 13.6 Å². The molecular formula is C12H17N3O2. The molecule has 17 heavy (non-hydrogen) atoms. The molecule has 5 heteroatoms. The van der Waals surface area contributed by atoms with Crippen LogP contribution in [0.2, 0.25) is 0 Å². The number of nitrogens with one attached hydrogen (secondary N) is 3. The summed E-state index contributed by atoms with van der Waals surface area (Å²) in [5, 5.41) is 7.80. The summed E-state index contributed by atoms with van der Waals surface area (Å²) in [6.45, 7) is 0.812. The number of rotatable bonds is 5. The van der Waals surface area contributed by atoms with Crippen molar-refractivity contribution in [3.63, 3.8) is 0 Å². The van der Waals surface area contributed by atoms with Gasteiger partial charge in [0.15, 0.2) is 0 Å². The molecule has 1 rings (SSSR count). The van der Waals surface area contributed by atoms with E-state index >= 15 is 0 Å². The average molecular weight is 235 g/mol. The van der Waals surface area contributed by atoms with Crippen LogP contribution < -0.4 is 16.0 Å². The molecule has 0 aromatic heterocycles. The normalized spacial score (nSPS) is 9.47. The van der Waals surface area contributed by atoms with Crippen molar-refractivity contribution in [3.8, 4) is 0 Å². The fourth-order valence-corrected chi connectivity index (χ4v) is 1.26. The molecule has 3 amide bonds. The summed E-state index contributed by atoms with van der Waals surface area (Å²) in [5.41, 5.74) is 1.04. The van der Waals surface area contributed by atoms with Crippen LogP contribution in [0.1, 0.15) is 12.0 Å². The maximum Gasteiger partial charge on any atom is 0.315 e. The zero-order valence-electron chi connectivity index (χ0n) is 9.82. The third kappa shape index (κ3) is 5.55. The Morgan fingerprint density at radius 3 is 2.47 bits per heavy atom. The van der Waals surface area contributed by atoms with E-state index < -0.39 is 0 Å². The van der Waals surface area contributed by atoms with Gasteiger partial charge in [0.1, 0.15) is 0 Å². The molecule has 1 aromatic rings. The summed E-state index contributed by atoms with van der Waals surface area (Å²) in [4.78, 5) is 22.2. The van der Waals surface area contributed by atoms with Gasteiger partial charge in [-0.1, -0.05) is 30.3 Å². The van der Waals surface area contributed by atoms with E-state index in [4.69, 9.17) is 0 Å². The lowest BCUT2D eigenvalue weighted by Crippen LogP contribution is -2.37. The molecule has 0 aliphatic rings. The van der Waals surface area contributed by atoms with E-state index in [1.807, 2.05) is 30.3 Å². The summed E-state index contributed by atoms with van der Waals surface area (Å²) in [6, 6.07) is 9.36. The number of amides is 3. The Morgan fingerprint density at radius 1 is 1.12 bits per heavy atom. The number of benzene rings is 1. The van der Waals surface area contributed by atoms with Gasteiger partial charge in [-0.05, 0) is 5.56 Å². The SMILES string of the molecule is CNC(=O)CCNC(=O)NCc1ccccc1. The topological polar surface area (TPSA) is 70.2 Å². The molecule has 0 fully saturated rings. The molecule has 0 spiro atoms. The molecule has 3 N–H and O–H groups in total. The molecule has 1 aromatic carbocycles. The maximum atomic E-state index is 11.3. The molecule has 5 nitrogen and oxygen atoms in total. The standard InChI is InChI=1S/C12H17N3O2/c1-13-11(16)7-8-14-12(17)15-9-10-5-3-2-4-6-10/h2-6H,7-9H2,1H3,(H,13,16)(H2,14,15,17). The first kappa shape index (κ1) is 13.0. The first-order chi connectivity index (χ1) is 8.22. The Balaban J connectivity index is 2.16. The largest absolute Gasteiger partial charge is 0.359 e. The van der Waals surface area contributed by atoms with Crippen molar-refractivity contribution in [2.45, 2.75) is 13.0 Å². The van der Waals surface area contributed by atoms with E-state index in [-0.39, 0.29) is 18.4 Å². The van der Waals surface area contributed by atoms with Crippen LogP contribution in [0.15, 0.2) is 30.3 Å². The monoisotopic (exact) mass is 235 g/mol. The number of hydrogen-bond donors (Lipinski definition) is 3. The fourth-order valence-electron chi connectivity index (χ4n) is 1.26. The zero-order valence-corrected chi connectivity index (χ0v) is 9.82. The number of carbonyl (C=O) groups excluding carboxylic acids is 2. The minimum atomic E-state index is -0.266. The van der Waals surface area contributed by atoms with Crippen LogP contribution in [0, 0.1) is 0 Å². The van der Waals surface area contributed by atoms with Crippen molar-refractivity contribution in [1.82, 2.24) is 16.0 Å². The summed E-state index contributed by atoms with van der Waals surface area (Å²) >= 11 is 0. The molecule has 0 aliphatic heterocycles. The molecule has 0 saturated heterocycles. The lowest BCUT2D eigenvalue weighted by molar-refractivity contribution is -0.120. The van der Waals surface area contributed by atoms with E-state index in [0.717, 1.165) is 5.56 Å². The van der Waals surface area contributed by atoms with Crippen molar-refractivity contribution in [2.24, 2.45) is 0 Å². The molecule has 0 aliphatic carbocycles. The van der Waals surface area contributed by atoms with Crippen LogP contribution in [-0.4, -0.2) is 25.5 Å². The first-order valence-corrected chi connectivity index (χ1v) is 5.48. The summed E-state index contributed by atoms with van der Waals surface area (Å²) in [6.07, 6.45) is 0.287. The second kappa shape index (κ2) is 7.27. The molecule has 0 bridgehead atoms. The van der Waals surface area contributed by atoms with Crippen molar-refractivity contribution >= 4 is 11.9 Å². The molecule has 0 unspecified atom stereocenters. The minimum Gasteiger partial charge on any atom is -0.359 e. The van der Waals surface area contributed by atoms with Gasteiger partial charge in [-0.3, -0.25) is 4.79 Å². The van der Waals surface area contributed by atoms with Gasteiger partial charge in [-0.25, -0.2) is 4.79 Å². The maximum absolute atomic E-state index is 11.3. The van der Waals surface area contributed by atoms with Crippen LogP contribution >= 0.6 is 0 Å². The van der Waals surface area contributed by atoms with Gasteiger partial charge < -0.3 is 16.0 Å². The van der Waals surface area contributed by atoms with E-state index in [0.29, 0.717) is 13.1 Å². The predicted octanol–water partition coefficient (Wildman–Crippen LogP) is 0.622. The van der Waals surface area contributed by atoms with E-state index in [1.54, 1.807) is 7.05 Å². The highest BCUT2D eigenvalue weighted by Crippen LogP contribution is 1.96. The number of urea groups is 1. The van der Waals surface area contributed by atoms with Gasteiger partial charge in [0.2, 0.25) is 5.91 Å². The third-order valence-corrected chi connectivity index (χ3v) is 2.21. The molecule has 92 valence electrons. The van der Waals surface area contributed by atoms with Gasteiger partial charge in [-0.15, -0.1) is 0 Å². The lowest BCUT2D eigenvalue weighted by atomic mass is 10.2. The molecular weight excluding hydrogens is 218 g/mol. The van der Waals surface area contributed by atoms with Crippen molar-refractivity contribution in [1.29, 1.82) is 0 Å². The molecule has 0 radical (unpaired) electrons. The number of carbonyl (C=O) groups is 2. The molecule has 0 saturated carbocycles. The highest BCUT2D eigenvalue weighted by atomic mass is 16.2. The Kier molecular flexibility index (Phi) is 5.57. The van der Waals surface area contributed by atoms with E-state index in [2.05, 4.69) is 16.0 Å². The van der Waals surface area contributed by atoms with Gasteiger partial charge in [-0.2, -0.15) is 0 Å². The van der Waals surface area contributed by atoms with Crippen LogP contribution in [-0.2, 0) is 11.3 Å². The second-order valence-electron chi connectivity index (χ2n) is 3.52. The highest BCUT2D eigenvalue weighted by molar-refractivity contribution is 5.77. The number of hydrogen-bond acceptors (Lipinski definition) is 2. The highest BCUT2D eigenvalue weighted by Gasteiger charge is 2.01. The predicted molar refractivity (Wildman–Crippen MR) is 65.4 cm³/mol. The van der Waals surface area contributed by atoms with Crippen LogP contribution in [0.3, 0.4) is 0 Å². The van der Waals surface area contributed by atoms with Crippen LogP contribution in [0.5, 0.6) is 0 Å². The van der Waals surface area contributed by atoms with Gasteiger partial charge >= 0.3 is 6.03 Å². The Labute approximate surface area is 101 Å². The Morgan fingerprint density at radius 2 is 1.82 bits per heavy atom. The summed E-state index contributed by atoms with van der Waals surface area (Å²) < 4.78 is 0. The quantitative estimate of drug-likeness (QED) is 0.700. The van der Waals surface area contributed by atoms with Crippen LogP contribution in [0.4, 0.5) is 4.79 Å². The van der Waals surface area contributed by atoms with Gasteiger partial charge in [0.05, 0.1) is 0 Å². The second-order valence-corrected chi connectivity index (χ2v) is 3.52.